The summed E-state index contributed by atoms with van der Waals surface area (Å²) >= 11 is 7.64. The predicted molar refractivity (Wildman–Crippen MR) is 107 cm³/mol. The molecule has 0 aliphatic heterocycles. The van der Waals surface area contributed by atoms with Crippen molar-refractivity contribution in [1.82, 2.24) is 29.9 Å². The zero-order valence-corrected chi connectivity index (χ0v) is 17.1. The van der Waals surface area contributed by atoms with Gasteiger partial charge in [0.25, 0.3) is 0 Å². The van der Waals surface area contributed by atoms with Gasteiger partial charge in [-0.1, -0.05) is 35.5 Å². The zero-order valence-electron chi connectivity index (χ0n) is 15.6. The van der Waals surface area contributed by atoms with Crippen LogP contribution in [0.15, 0.2) is 40.2 Å². The third kappa shape index (κ3) is 4.16. The number of thioether (sulfide) groups is 1. The van der Waals surface area contributed by atoms with Gasteiger partial charge in [0.05, 0.1) is 22.9 Å². The van der Waals surface area contributed by atoms with Gasteiger partial charge in [-0.3, -0.25) is 4.79 Å². The summed E-state index contributed by atoms with van der Waals surface area (Å²) < 4.78 is 7.85. The molecule has 29 heavy (non-hydrogen) atoms. The summed E-state index contributed by atoms with van der Waals surface area (Å²) in [5.41, 5.74) is 0.687. The molecule has 10 heteroatoms. The second kappa shape index (κ2) is 7.79. The summed E-state index contributed by atoms with van der Waals surface area (Å²) in [6.45, 7) is 0.302. The molecule has 2 heterocycles. The van der Waals surface area contributed by atoms with Crippen molar-refractivity contribution in [1.29, 1.82) is 0 Å². The maximum atomic E-state index is 12.9. The SMILES string of the molecule is O=C(CSc1nncn1C1CC1)N(Cc1nnc(-c2ccccc2Cl)o1)C1CC1. The second-order valence-electron chi connectivity index (χ2n) is 7.27. The number of amides is 1. The molecule has 2 aliphatic carbocycles. The number of carbonyl (C=O) groups excluding carboxylic acids is 1. The number of rotatable bonds is 8. The van der Waals surface area contributed by atoms with Crippen LogP contribution in [0.1, 0.15) is 37.6 Å². The lowest BCUT2D eigenvalue weighted by Gasteiger charge is -2.20. The fourth-order valence-corrected chi connectivity index (χ4v) is 4.25. The molecule has 2 aromatic heterocycles. The number of aromatic nitrogens is 5. The van der Waals surface area contributed by atoms with Crippen molar-refractivity contribution >= 4 is 29.3 Å². The van der Waals surface area contributed by atoms with Gasteiger partial charge in [-0.25, -0.2) is 0 Å². The van der Waals surface area contributed by atoms with Crippen LogP contribution in [0.3, 0.4) is 0 Å². The van der Waals surface area contributed by atoms with E-state index in [-0.39, 0.29) is 11.9 Å². The molecule has 2 fully saturated rings. The molecule has 0 radical (unpaired) electrons. The summed E-state index contributed by atoms with van der Waals surface area (Å²) in [6.07, 6.45) is 6.05. The van der Waals surface area contributed by atoms with Gasteiger partial charge >= 0.3 is 0 Å². The number of hydrogen-bond acceptors (Lipinski definition) is 7. The first kappa shape index (κ1) is 18.6. The highest BCUT2D eigenvalue weighted by molar-refractivity contribution is 7.99. The lowest BCUT2D eigenvalue weighted by atomic mass is 10.2. The molecule has 3 aromatic rings. The van der Waals surface area contributed by atoms with Gasteiger partial charge in [0.2, 0.25) is 17.7 Å². The van der Waals surface area contributed by atoms with Crippen molar-refractivity contribution < 1.29 is 9.21 Å². The molecular weight excluding hydrogens is 412 g/mol. The van der Waals surface area contributed by atoms with E-state index in [4.69, 9.17) is 16.0 Å². The molecular formula is C19H19ClN6O2S. The van der Waals surface area contributed by atoms with Gasteiger partial charge in [0.1, 0.15) is 6.33 Å². The molecule has 0 unspecified atom stereocenters. The normalized spacial score (nSPS) is 16.2. The average molecular weight is 431 g/mol. The van der Waals surface area contributed by atoms with Crippen molar-refractivity contribution in [3.05, 3.63) is 41.5 Å². The van der Waals surface area contributed by atoms with Crippen LogP contribution in [-0.2, 0) is 11.3 Å². The number of benzene rings is 1. The summed E-state index contributed by atoms with van der Waals surface area (Å²) in [7, 11) is 0. The Hall–Kier alpha value is -2.39. The Bertz CT molecular complexity index is 1030. The van der Waals surface area contributed by atoms with E-state index in [1.807, 2.05) is 23.1 Å². The molecule has 5 rings (SSSR count). The first-order valence-corrected chi connectivity index (χ1v) is 10.9. The molecule has 0 bridgehead atoms. The van der Waals surface area contributed by atoms with Crippen molar-refractivity contribution in [2.75, 3.05) is 5.75 Å². The number of nitrogens with zero attached hydrogens (tertiary/aromatic N) is 6. The van der Waals surface area contributed by atoms with Gasteiger partial charge < -0.3 is 13.9 Å². The molecule has 2 saturated carbocycles. The molecule has 2 aliphatic rings. The predicted octanol–water partition coefficient (Wildman–Crippen LogP) is 3.60. The van der Waals surface area contributed by atoms with E-state index in [0.717, 1.165) is 30.8 Å². The van der Waals surface area contributed by atoms with E-state index in [9.17, 15) is 4.79 Å². The van der Waals surface area contributed by atoms with Crippen LogP contribution in [0.2, 0.25) is 5.02 Å². The zero-order chi connectivity index (χ0) is 19.8. The number of halogens is 1. The van der Waals surface area contributed by atoms with Crippen molar-refractivity contribution in [2.45, 2.75) is 49.5 Å². The van der Waals surface area contributed by atoms with Crippen LogP contribution < -0.4 is 0 Å². The van der Waals surface area contributed by atoms with Gasteiger partial charge in [-0.2, -0.15) is 0 Å². The van der Waals surface area contributed by atoms with Crippen LogP contribution in [0.4, 0.5) is 0 Å². The molecule has 8 nitrogen and oxygen atoms in total. The van der Waals surface area contributed by atoms with Crippen molar-refractivity contribution in [3.63, 3.8) is 0 Å². The van der Waals surface area contributed by atoms with Gasteiger partial charge in [0.15, 0.2) is 5.16 Å². The first-order chi connectivity index (χ1) is 14.2. The highest BCUT2D eigenvalue weighted by atomic mass is 35.5. The van der Waals surface area contributed by atoms with E-state index in [1.165, 1.54) is 11.8 Å². The molecule has 0 saturated heterocycles. The molecule has 1 aromatic carbocycles. The summed E-state index contributed by atoms with van der Waals surface area (Å²) in [5, 5.41) is 17.7. The first-order valence-electron chi connectivity index (χ1n) is 9.58. The maximum Gasteiger partial charge on any atom is 0.249 e. The molecule has 150 valence electrons. The summed E-state index contributed by atoms with van der Waals surface area (Å²) in [6, 6.07) is 8.04. The smallest absolute Gasteiger partial charge is 0.249 e. The van der Waals surface area contributed by atoms with E-state index in [2.05, 4.69) is 25.0 Å². The van der Waals surface area contributed by atoms with Crippen LogP contribution in [0.25, 0.3) is 11.5 Å². The Morgan fingerprint density at radius 1 is 1.21 bits per heavy atom. The molecule has 0 spiro atoms. The van der Waals surface area contributed by atoms with Crippen LogP contribution in [0, 0.1) is 0 Å². The summed E-state index contributed by atoms with van der Waals surface area (Å²) in [5.74, 6) is 1.13. The fourth-order valence-electron chi connectivity index (χ4n) is 3.16. The number of hydrogen-bond donors (Lipinski definition) is 0. The Labute approximate surface area is 176 Å². The molecule has 1 amide bonds. The Kier molecular flexibility index (Phi) is 5.01. The summed E-state index contributed by atoms with van der Waals surface area (Å²) in [4.78, 5) is 14.7. The minimum atomic E-state index is 0.0420. The molecule has 0 atom stereocenters. The van der Waals surface area contributed by atoms with E-state index < -0.39 is 0 Å². The Morgan fingerprint density at radius 3 is 2.79 bits per heavy atom. The van der Waals surface area contributed by atoms with E-state index in [0.29, 0.717) is 40.7 Å². The molecule has 0 N–H and O–H groups in total. The van der Waals surface area contributed by atoms with Crippen LogP contribution in [0.5, 0.6) is 0 Å². The van der Waals surface area contributed by atoms with Crippen LogP contribution >= 0.6 is 23.4 Å². The van der Waals surface area contributed by atoms with E-state index >= 15 is 0 Å². The minimum Gasteiger partial charge on any atom is -0.419 e. The third-order valence-electron chi connectivity index (χ3n) is 4.99. The van der Waals surface area contributed by atoms with Crippen LogP contribution in [-0.4, -0.2) is 47.6 Å². The van der Waals surface area contributed by atoms with Gasteiger partial charge in [-0.05, 0) is 37.8 Å². The fraction of sp³-hybridized carbons (Fsp3) is 0.421. The van der Waals surface area contributed by atoms with Crippen molar-refractivity contribution in [3.8, 4) is 11.5 Å². The highest BCUT2D eigenvalue weighted by Gasteiger charge is 2.34. The average Bonchev–Trinajstić information content (AvgIpc) is 3.66. The van der Waals surface area contributed by atoms with Crippen molar-refractivity contribution in [2.24, 2.45) is 0 Å². The minimum absolute atomic E-state index is 0.0420. The standard InChI is InChI=1S/C19H19ClN6O2S/c20-15-4-2-1-3-14(15)18-23-22-16(28-18)9-25(12-5-6-12)17(27)10-29-19-24-21-11-26(19)13-7-8-13/h1-4,11-13H,5-10H2. The van der Waals surface area contributed by atoms with E-state index in [1.54, 1.807) is 12.4 Å². The Balaban J connectivity index is 1.25. The van der Waals surface area contributed by atoms with Gasteiger partial charge in [-0.15, -0.1) is 20.4 Å². The maximum absolute atomic E-state index is 12.9. The topological polar surface area (TPSA) is 89.9 Å². The number of carbonyl (C=O) groups is 1. The lowest BCUT2D eigenvalue weighted by Crippen LogP contribution is -2.34. The third-order valence-corrected chi connectivity index (χ3v) is 6.26. The lowest BCUT2D eigenvalue weighted by molar-refractivity contribution is -0.129. The highest BCUT2D eigenvalue weighted by Crippen LogP contribution is 2.37. The van der Waals surface area contributed by atoms with Gasteiger partial charge in [0, 0.05) is 12.1 Å². The Morgan fingerprint density at radius 2 is 2.03 bits per heavy atom. The second-order valence-corrected chi connectivity index (χ2v) is 8.62. The monoisotopic (exact) mass is 430 g/mol. The quantitative estimate of drug-likeness (QED) is 0.504. The largest absolute Gasteiger partial charge is 0.419 e.